The zero-order valence-corrected chi connectivity index (χ0v) is 14.2. The molecule has 0 bridgehead atoms. The third-order valence-electron chi connectivity index (χ3n) is 5.09. The SMILES string of the molecule is O=C(Nc1ccc2c3c(cccc13)CC2)c1ccc2nc(C(F)F)[nH]c2c1. The van der Waals surface area contributed by atoms with E-state index < -0.39 is 12.2 Å². The summed E-state index contributed by atoms with van der Waals surface area (Å²) in [6.07, 6.45) is -0.636. The highest BCUT2D eigenvalue weighted by atomic mass is 19.3. The van der Waals surface area contributed by atoms with Crippen LogP contribution in [0.4, 0.5) is 14.5 Å². The Labute approximate surface area is 153 Å². The fourth-order valence-electron chi connectivity index (χ4n) is 3.82. The molecule has 0 spiro atoms. The summed E-state index contributed by atoms with van der Waals surface area (Å²) in [4.78, 5) is 19.1. The summed E-state index contributed by atoms with van der Waals surface area (Å²) in [6, 6.07) is 14.8. The number of hydrogen-bond donors (Lipinski definition) is 2. The van der Waals surface area contributed by atoms with Crippen LogP contribution in [0.5, 0.6) is 0 Å². The van der Waals surface area contributed by atoms with E-state index >= 15 is 0 Å². The third-order valence-corrected chi connectivity index (χ3v) is 5.09. The average molecular weight is 363 g/mol. The first-order valence-corrected chi connectivity index (χ1v) is 8.73. The molecule has 0 saturated heterocycles. The van der Waals surface area contributed by atoms with Gasteiger partial charge >= 0.3 is 0 Å². The predicted octanol–water partition coefficient (Wildman–Crippen LogP) is 5.00. The maximum absolute atomic E-state index is 12.8. The van der Waals surface area contributed by atoms with Gasteiger partial charge in [-0.05, 0) is 53.6 Å². The third kappa shape index (κ3) is 2.56. The molecular formula is C21H15F2N3O. The van der Waals surface area contributed by atoms with Crippen molar-refractivity contribution in [2.75, 3.05) is 5.32 Å². The summed E-state index contributed by atoms with van der Waals surface area (Å²) in [6.45, 7) is 0. The van der Waals surface area contributed by atoms with Gasteiger partial charge in [0.15, 0.2) is 5.82 Å². The lowest BCUT2D eigenvalue weighted by Crippen LogP contribution is -2.12. The molecule has 0 radical (unpaired) electrons. The molecule has 4 aromatic rings. The van der Waals surface area contributed by atoms with Gasteiger partial charge in [-0.25, -0.2) is 13.8 Å². The lowest BCUT2D eigenvalue weighted by atomic mass is 10.0. The van der Waals surface area contributed by atoms with Crippen molar-refractivity contribution >= 4 is 33.4 Å². The van der Waals surface area contributed by atoms with Crippen molar-refractivity contribution in [1.29, 1.82) is 0 Å². The normalized spacial score (nSPS) is 13.0. The molecular weight excluding hydrogens is 348 g/mol. The van der Waals surface area contributed by atoms with Crippen LogP contribution in [-0.2, 0) is 12.8 Å². The van der Waals surface area contributed by atoms with Crippen LogP contribution in [0, 0.1) is 0 Å². The lowest BCUT2D eigenvalue weighted by molar-refractivity contribution is 0.102. The smallest absolute Gasteiger partial charge is 0.295 e. The number of hydrogen-bond acceptors (Lipinski definition) is 2. The minimum atomic E-state index is -2.68. The van der Waals surface area contributed by atoms with Gasteiger partial charge in [0.1, 0.15) is 0 Å². The number of aryl methyl sites for hydroxylation is 2. The Balaban J connectivity index is 1.51. The van der Waals surface area contributed by atoms with E-state index in [2.05, 4.69) is 27.4 Å². The van der Waals surface area contributed by atoms with E-state index in [1.54, 1.807) is 18.2 Å². The molecule has 27 heavy (non-hydrogen) atoms. The Morgan fingerprint density at radius 3 is 2.70 bits per heavy atom. The summed E-state index contributed by atoms with van der Waals surface area (Å²) in [5, 5.41) is 5.21. The molecule has 134 valence electrons. The summed E-state index contributed by atoms with van der Waals surface area (Å²) >= 11 is 0. The van der Waals surface area contributed by atoms with Crippen molar-refractivity contribution < 1.29 is 13.6 Å². The second-order valence-corrected chi connectivity index (χ2v) is 6.72. The van der Waals surface area contributed by atoms with E-state index in [-0.39, 0.29) is 5.91 Å². The van der Waals surface area contributed by atoms with Gasteiger partial charge in [0.2, 0.25) is 0 Å². The average Bonchev–Trinajstić information content (AvgIpc) is 3.28. The van der Waals surface area contributed by atoms with Crippen molar-refractivity contribution in [2.45, 2.75) is 19.3 Å². The summed E-state index contributed by atoms with van der Waals surface area (Å²) in [7, 11) is 0. The molecule has 0 saturated carbocycles. The minimum Gasteiger partial charge on any atom is -0.337 e. The number of nitrogens with zero attached hydrogens (tertiary/aromatic N) is 1. The molecule has 0 atom stereocenters. The highest BCUT2D eigenvalue weighted by molar-refractivity contribution is 6.11. The molecule has 1 heterocycles. The molecule has 2 N–H and O–H groups in total. The number of nitrogens with one attached hydrogen (secondary N) is 2. The fourth-order valence-corrected chi connectivity index (χ4v) is 3.82. The highest BCUT2D eigenvalue weighted by Gasteiger charge is 2.18. The zero-order valence-electron chi connectivity index (χ0n) is 14.2. The Kier molecular flexibility index (Phi) is 3.47. The van der Waals surface area contributed by atoms with Crippen LogP contribution in [0.3, 0.4) is 0 Å². The van der Waals surface area contributed by atoms with E-state index in [0.29, 0.717) is 16.6 Å². The number of carbonyl (C=O) groups is 1. The molecule has 0 unspecified atom stereocenters. The summed E-state index contributed by atoms with van der Waals surface area (Å²) in [5.74, 6) is -0.682. The Morgan fingerprint density at radius 2 is 1.89 bits per heavy atom. The van der Waals surface area contributed by atoms with Crippen LogP contribution < -0.4 is 5.32 Å². The van der Waals surface area contributed by atoms with E-state index in [4.69, 9.17) is 0 Å². The second kappa shape index (κ2) is 5.87. The molecule has 6 heteroatoms. The number of H-pyrrole nitrogens is 1. The molecule has 1 aliphatic carbocycles. The maximum Gasteiger partial charge on any atom is 0.295 e. The van der Waals surface area contributed by atoms with Crippen LogP contribution in [0.15, 0.2) is 48.5 Å². The standard InChI is InChI=1S/C21H15F2N3O/c22-19(23)20-24-16-9-7-13(10-17(16)25-20)21(27)26-15-8-6-12-5-4-11-2-1-3-14(15)18(11)12/h1-3,6-10,19H,4-5H2,(H,24,25)(H,26,27). The van der Waals surface area contributed by atoms with Gasteiger partial charge in [-0.1, -0.05) is 24.3 Å². The Morgan fingerprint density at radius 1 is 1.07 bits per heavy atom. The summed E-state index contributed by atoms with van der Waals surface area (Å²) in [5.41, 5.74) is 4.57. The minimum absolute atomic E-state index is 0.288. The number of alkyl halides is 2. The van der Waals surface area contributed by atoms with Gasteiger partial charge in [-0.2, -0.15) is 0 Å². The highest BCUT2D eigenvalue weighted by Crippen LogP contribution is 2.35. The molecule has 1 aliphatic rings. The van der Waals surface area contributed by atoms with Gasteiger partial charge in [0, 0.05) is 16.6 Å². The van der Waals surface area contributed by atoms with Crippen LogP contribution >= 0.6 is 0 Å². The zero-order chi connectivity index (χ0) is 18.5. The van der Waals surface area contributed by atoms with E-state index in [1.165, 1.54) is 16.5 Å². The van der Waals surface area contributed by atoms with Crippen molar-refractivity contribution in [3.63, 3.8) is 0 Å². The quantitative estimate of drug-likeness (QED) is 0.538. The van der Waals surface area contributed by atoms with E-state index in [0.717, 1.165) is 23.9 Å². The predicted molar refractivity (Wildman–Crippen MR) is 100 cm³/mol. The number of amides is 1. The second-order valence-electron chi connectivity index (χ2n) is 6.72. The molecule has 0 aliphatic heterocycles. The number of rotatable bonds is 3. The first kappa shape index (κ1) is 15.9. The van der Waals surface area contributed by atoms with Gasteiger partial charge in [0.25, 0.3) is 12.3 Å². The monoisotopic (exact) mass is 363 g/mol. The fraction of sp³-hybridized carbons (Fsp3) is 0.143. The van der Waals surface area contributed by atoms with Gasteiger partial charge in [0.05, 0.1) is 11.0 Å². The number of imidazole rings is 1. The van der Waals surface area contributed by atoms with Crippen molar-refractivity contribution in [2.24, 2.45) is 0 Å². The largest absolute Gasteiger partial charge is 0.337 e. The van der Waals surface area contributed by atoms with Crippen LogP contribution in [0.1, 0.15) is 33.7 Å². The van der Waals surface area contributed by atoms with Crippen LogP contribution in [0.25, 0.3) is 21.8 Å². The Hall–Kier alpha value is -3.28. The molecule has 1 aromatic heterocycles. The van der Waals surface area contributed by atoms with Crippen LogP contribution in [0.2, 0.25) is 0 Å². The molecule has 4 nitrogen and oxygen atoms in total. The van der Waals surface area contributed by atoms with Gasteiger partial charge in [-0.15, -0.1) is 0 Å². The van der Waals surface area contributed by atoms with Crippen molar-refractivity contribution in [1.82, 2.24) is 9.97 Å². The number of halogens is 2. The number of benzene rings is 3. The number of aromatic amines is 1. The van der Waals surface area contributed by atoms with Crippen LogP contribution in [-0.4, -0.2) is 15.9 Å². The van der Waals surface area contributed by atoms with E-state index in [9.17, 15) is 13.6 Å². The number of anilines is 1. The molecule has 0 fully saturated rings. The van der Waals surface area contributed by atoms with Gasteiger partial charge < -0.3 is 10.3 Å². The first-order chi connectivity index (χ1) is 13.1. The topological polar surface area (TPSA) is 57.8 Å². The summed E-state index contributed by atoms with van der Waals surface area (Å²) < 4.78 is 25.6. The van der Waals surface area contributed by atoms with Crippen molar-refractivity contribution in [3.8, 4) is 0 Å². The number of carbonyl (C=O) groups excluding carboxylic acids is 1. The van der Waals surface area contributed by atoms with E-state index in [1.807, 2.05) is 18.2 Å². The number of fused-ring (bicyclic) bond motifs is 1. The molecule has 5 rings (SSSR count). The lowest BCUT2D eigenvalue weighted by Gasteiger charge is -2.10. The Bertz CT molecular complexity index is 1200. The maximum atomic E-state index is 12.8. The molecule has 1 amide bonds. The van der Waals surface area contributed by atoms with Gasteiger partial charge in [-0.3, -0.25) is 4.79 Å². The number of aromatic nitrogens is 2. The molecule has 3 aromatic carbocycles. The van der Waals surface area contributed by atoms with Crippen molar-refractivity contribution in [3.05, 3.63) is 71.0 Å². The first-order valence-electron chi connectivity index (χ1n) is 8.73.